The molecule has 1 aromatic carbocycles. The van der Waals surface area contributed by atoms with Crippen LogP contribution in [0.4, 0.5) is 10.5 Å². The van der Waals surface area contributed by atoms with Crippen LogP contribution in [-0.2, 0) is 4.79 Å². The number of benzene rings is 1. The van der Waals surface area contributed by atoms with Crippen molar-refractivity contribution < 1.29 is 19.1 Å². The number of imide groups is 1. The molecule has 0 bridgehead atoms. The van der Waals surface area contributed by atoms with Crippen molar-refractivity contribution in [1.82, 2.24) is 10.2 Å². The summed E-state index contributed by atoms with van der Waals surface area (Å²) in [7, 11) is 3.67. The third-order valence-electron chi connectivity index (χ3n) is 4.26. The van der Waals surface area contributed by atoms with Crippen molar-refractivity contribution >= 4 is 23.9 Å². The van der Waals surface area contributed by atoms with Crippen LogP contribution in [0.25, 0.3) is 0 Å². The lowest BCUT2D eigenvalue weighted by Gasteiger charge is -2.27. The fraction of sp³-hybridized carbons (Fsp3) is 0.500. The molecule has 7 heteroatoms. The maximum atomic E-state index is 11.7. The van der Waals surface area contributed by atoms with E-state index in [9.17, 15) is 14.4 Å². The van der Waals surface area contributed by atoms with Crippen molar-refractivity contribution in [2.75, 3.05) is 38.7 Å². The normalized spacial score (nSPS) is 18.1. The quantitative estimate of drug-likeness (QED) is 0.847. The highest BCUT2D eigenvalue weighted by Crippen LogP contribution is 2.30. The highest BCUT2D eigenvalue weighted by Gasteiger charge is 2.26. The number of nitrogens with zero attached hydrogens (tertiary/aromatic N) is 2. The lowest BCUT2D eigenvalue weighted by molar-refractivity contribution is -0.120. The Labute approximate surface area is 147 Å². The SMILES string of the molecule is CN1CCCCC1.COc1ccc(C=O)cc1N1CCC(=O)NC1=O. The van der Waals surface area contributed by atoms with E-state index >= 15 is 0 Å². The zero-order valence-electron chi connectivity index (χ0n) is 14.8. The number of nitrogens with one attached hydrogen (secondary N) is 1. The van der Waals surface area contributed by atoms with Gasteiger partial charge in [-0.05, 0) is 51.2 Å². The van der Waals surface area contributed by atoms with E-state index in [1.807, 2.05) is 0 Å². The molecular formula is C18H25N3O4. The van der Waals surface area contributed by atoms with Gasteiger partial charge in [-0.25, -0.2) is 4.79 Å². The number of urea groups is 1. The highest BCUT2D eigenvalue weighted by atomic mass is 16.5. The third-order valence-corrected chi connectivity index (χ3v) is 4.26. The van der Waals surface area contributed by atoms with Gasteiger partial charge < -0.3 is 9.64 Å². The van der Waals surface area contributed by atoms with Crippen molar-refractivity contribution in [2.24, 2.45) is 0 Å². The zero-order chi connectivity index (χ0) is 18.2. The summed E-state index contributed by atoms with van der Waals surface area (Å²) in [4.78, 5) is 37.3. The highest BCUT2D eigenvalue weighted by molar-refractivity contribution is 6.06. The van der Waals surface area contributed by atoms with Gasteiger partial charge in [0, 0.05) is 18.5 Å². The molecule has 1 N–H and O–H groups in total. The fourth-order valence-electron chi connectivity index (χ4n) is 2.84. The summed E-state index contributed by atoms with van der Waals surface area (Å²) in [5.74, 6) is 0.173. The Balaban J connectivity index is 0.000000269. The van der Waals surface area contributed by atoms with Crippen LogP contribution in [0.1, 0.15) is 36.0 Å². The molecular weight excluding hydrogens is 322 g/mol. The minimum Gasteiger partial charge on any atom is -0.495 e. The molecule has 0 atom stereocenters. The van der Waals surface area contributed by atoms with Crippen LogP contribution in [0.15, 0.2) is 18.2 Å². The second-order valence-corrected chi connectivity index (χ2v) is 6.17. The second-order valence-electron chi connectivity index (χ2n) is 6.17. The van der Waals surface area contributed by atoms with E-state index < -0.39 is 6.03 Å². The third kappa shape index (κ3) is 5.29. The van der Waals surface area contributed by atoms with Gasteiger partial charge in [0.05, 0.1) is 12.8 Å². The van der Waals surface area contributed by atoms with Gasteiger partial charge in [-0.3, -0.25) is 19.8 Å². The number of hydrogen-bond donors (Lipinski definition) is 1. The van der Waals surface area contributed by atoms with Gasteiger partial charge >= 0.3 is 6.03 Å². The first-order valence-corrected chi connectivity index (χ1v) is 8.48. The summed E-state index contributed by atoms with van der Waals surface area (Å²) in [5, 5.41) is 2.22. The molecule has 2 heterocycles. The average Bonchev–Trinajstić information content (AvgIpc) is 2.62. The number of methoxy groups -OCH3 is 1. The van der Waals surface area contributed by atoms with E-state index in [1.165, 1.54) is 44.4 Å². The lowest BCUT2D eigenvalue weighted by Crippen LogP contribution is -2.49. The Hall–Kier alpha value is -2.41. The molecule has 2 saturated heterocycles. The largest absolute Gasteiger partial charge is 0.495 e. The molecule has 2 aliphatic heterocycles. The van der Waals surface area contributed by atoms with Crippen LogP contribution in [0, 0.1) is 0 Å². The first kappa shape index (κ1) is 18.9. The molecule has 0 radical (unpaired) electrons. The smallest absolute Gasteiger partial charge is 0.328 e. The number of aldehydes is 1. The number of carbonyl (C=O) groups is 3. The molecule has 3 rings (SSSR count). The number of ether oxygens (including phenoxy) is 1. The van der Waals surface area contributed by atoms with Crippen LogP contribution >= 0.6 is 0 Å². The number of hydrogen-bond acceptors (Lipinski definition) is 5. The van der Waals surface area contributed by atoms with Crippen LogP contribution < -0.4 is 15.0 Å². The molecule has 0 unspecified atom stereocenters. The molecule has 1 aromatic rings. The molecule has 3 amide bonds. The number of likely N-dealkylation sites (tertiary alicyclic amines) is 1. The van der Waals surface area contributed by atoms with E-state index in [2.05, 4.69) is 17.3 Å². The van der Waals surface area contributed by atoms with E-state index in [0.717, 1.165) is 0 Å². The van der Waals surface area contributed by atoms with Gasteiger partial charge in [0.1, 0.15) is 12.0 Å². The topological polar surface area (TPSA) is 79.0 Å². The van der Waals surface area contributed by atoms with E-state index in [4.69, 9.17) is 4.74 Å². The number of carbonyl (C=O) groups excluding carboxylic acids is 3. The predicted molar refractivity (Wildman–Crippen MR) is 95.2 cm³/mol. The van der Waals surface area contributed by atoms with Gasteiger partial charge in [0.2, 0.25) is 5.91 Å². The first-order valence-electron chi connectivity index (χ1n) is 8.48. The standard InChI is InChI=1S/C12H12N2O4.C6H13N/c1-18-10-3-2-8(7-15)6-9(10)14-5-4-11(16)13-12(14)17;1-7-5-3-2-4-6-7/h2-3,6-7H,4-5H2,1H3,(H,13,16,17);2-6H2,1H3. The summed E-state index contributed by atoms with van der Waals surface area (Å²) >= 11 is 0. The van der Waals surface area contributed by atoms with Gasteiger partial charge in [0.15, 0.2) is 0 Å². The van der Waals surface area contributed by atoms with Crippen molar-refractivity contribution in [3.8, 4) is 5.75 Å². The van der Waals surface area contributed by atoms with Crippen LogP contribution in [0.3, 0.4) is 0 Å². The van der Waals surface area contributed by atoms with Crippen LogP contribution in [-0.4, -0.2) is 56.9 Å². The van der Waals surface area contributed by atoms with Gasteiger partial charge in [-0.1, -0.05) is 6.42 Å². The number of piperidine rings is 1. The van der Waals surface area contributed by atoms with Crippen molar-refractivity contribution in [2.45, 2.75) is 25.7 Å². The zero-order valence-corrected chi connectivity index (χ0v) is 14.8. The molecule has 0 aromatic heterocycles. The molecule has 2 fully saturated rings. The van der Waals surface area contributed by atoms with E-state index in [-0.39, 0.29) is 18.9 Å². The number of rotatable bonds is 3. The summed E-state index contributed by atoms with van der Waals surface area (Å²) < 4.78 is 5.15. The summed E-state index contributed by atoms with van der Waals surface area (Å²) in [6.45, 7) is 2.91. The summed E-state index contributed by atoms with van der Waals surface area (Å²) in [5.41, 5.74) is 0.919. The molecule has 7 nitrogen and oxygen atoms in total. The van der Waals surface area contributed by atoms with Gasteiger partial charge in [-0.15, -0.1) is 0 Å². The van der Waals surface area contributed by atoms with Crippen molar-refractivity contribution in [3.63, 3.8) is 0 Å². The maximum absolute atomic E-state index is 11.7. The molecule has 2 aliphatic rings. The van der Waals surface area contributed by atoms with Crippen LogP contribution in [0.2, 0.25) is 0 Å². The number of amides is 3. The van der Waals surface area contributed by atoms with Gasteiger partial charge in [0.25, 0.3) is 0 Å². The molecule has 25 heavy (non-hydrogen) atoms. The summed E-state index contributed by atoms with van der Waals surface area (Å²) in [6.07, 6.45) is 5.19. The Kier molecular flexibility index (Phi) is 6.94. The molecule has 0 saturated carbocycles. The Bertz CT molecular complexity index is 627. The first-order chi connectivity index (χ1) is 12.0. The van der Waals surface area contributed by atoms with E-state index in [1.54, 1.807) is 18.2 Å². The molecule has 0 spiro atoms. The minimum atomic E-state index is -0.507. The predicted octanol–water partition coefficient (Wildman–Crippen LogP) is 2.06. The van der Waals surface area contributed by atoms with Crippen molar-refractivity contribution in [3.05, 3.63) is 23.8 Å². The Morgan fingerprint density at radius 1 is 1.12 bits per heavy atom. The van der Waals surface area contributed by atoms with E-state index in [0.29, 0.717) is 23.3 Å². The maximum Gasteiger partial charge on any atom is 0.328 e. The summed E-state index contributed by atoms with van der Waals surface area (Å²) in [6, 6.07) is 4.26. The molecule has 136 valence electrons. The lowest BCUT2D eigenvalue weighted by atomic mass is 10.1. The minimum absolute atomic E-state index is 0.222. The Morgan fingerprint density at radius 2 is 1.84 bits per heavy atom. The second kappa shape index (κ2) is 9.17. The van der Waals surface area contributed by atoms with Gasteiger partial charge in [-0.2, -0.15) is 0 Å². The molecule has 0 aliphatic carbocycles. The van der Waals surface area contributed by atoms with Crippen molar-refractivity contribution in [1.29, 1.82) is 0 Å². The fourth-order valence-corrected chi connectivity index (χ4v) is 2.84. The number of anilines is 1. The Morgan fingerprint density at radius 3 is 2.36 bits per heavy atom. The average molecular weight is 347 g/mol. The monoisotopic (exact) mass is 347 g/mol. The van der Waals surface area contributed by atoms with Crippen LogP contribution in [0.5, 0.6) is 5.75 Å².